The molecule has 0 aromatic carbocycles. The van der Waals surface area contributed by atoms with Gasteiger partial charge in [0.25, 0.3) is 0 Å². The van der Waals surface area contributed by atoms with Gasteiger partial charge in [-0.2, -0.15) is 0 Å². The van der Waals surface area contributed by atoms with Crippen LogP contribution in [0.5, 0.6) is 0 Å². The Morgan fingerprint density at radius 2 is 1.79 bits per heavy atom. The lowest BCUT2D eigenvalue weighted by molar-refractivity contribution is -0.139. The molecule has 34 heavy (non-hydrogen) atoms. The van der Waals surface area contributed by atoms with Crippen molar-refractivity contribution in [1.29, 1.82) is 0 Å². The van der Waals surface area contributed by atoms with E-state index in [-0.39, 0.29) is 24.4 Å². The van der Waals surface area contributed by atoms with Gasteiger partial charge in [0.15, 0.2) is 17.7 Å². The molecule has 1 fully saturated rings. The summed E-state index contributed by atoms with van der Waals surface area (Å²) in [6.45, 7) is 0. The molecule has 0 amide bonds. The number of nitrogens with two attached hydrogens (primary N) is 3. The molecule has 7 atom stereocenters. The van der Waals surface area contributed by atoms with Crippen molar-refractivity contribution in [3.05, 3.63) is 12.7 Å². The Balaban J connectivity index is 1.70. The molecule has 14 nitrogen and oxygen atoms in total. The number of hydrogen-bond acceptors (Lipinski definition) is 12. The number of hydrogen-bond donors (Lipinski definition) is 7. The number of carboxylic acid groups (broad SMARTS) is 2. The SMILES string of the molecule is Nc1ncnc2c1ncn2[C@@H]1O[C@H](C[S+](CC[C@H](N)C(=O)O)SCC[C@H](N)C(=O)O)[C@@H](O)[C@H]1O. The Hall–Kier alpha value is -2.21. The first-order valence-corrected chi connectivity index (χ1v) is 13.4. The van der Waals surface area contributed by atoms with Gasteiger partial charge in [0.05, 0.1) is 27.0 Å². The maximum atomic E-state index is 11.1. The fraction of sp³-hybridized carbons (Fsp3) is 0.611. The molecule has 1 aliphatic heterocycles. The molecule has 2 aromatic heterocycles. The zero-order valence-electron chi connectivity index (χ0n) is 18.0. The number of nitrogen functional groups attached to an aromatic ring is 1. The number of carbonyl (C=O) groups is 2. The van der Waals surface area contributed by atoms with E-state index in [0.717, 1.165) is 0 Å². The van der Waals surface area contributed by atoms with Gasteiger partial charge in [0.1, 0.15) is 53.7 Å². The smallest absolute Gasteiger partial charge is 0.320 e. The molecule has 3 heterocycles. The van der Waals surface area contributed by atoms with Crippen molar-refractivity contribution in [2.24, 2.45) is 11.5 Å². The second-order valence-corrected chi connectivity index (χ2v) is 12.1. The maximum absolute atomic E-state index is 11.1. The molecule has 0 radical (unpaired) electrons. The molecule has 0 aliphatic carbocycles. The van der Waals surface area contributed by atoms with Crippen LogP contribution in [0.25, 0.3) is 11.2 Å². The highest BCUT2D eigenvalue weighted by Crippen LogP contribution is 2.34. The monoisotopic (exact) mass is 518 g/mol. The summed E-state index contributed by atoms with van der Waals surface area (Å²) in [7, 11) is 0.870. The third kappa shape index (κ3) is 6.07. The standard InChI is InChI=1S/C18H27N7O7S2/c19-8(17(28)29)1-3-33-34(4-2-9(20)18(30)31)5-10-12(26)13(27)16(32-10)25-7-24-11-14(21)22-6-23-15(11)25/h6-10,12-13,16,26-27H,1-5,19-20H2,(H3-,21,22,23,28,29,30,31)/p+1/t8-,9-,10+,12+,13+,16+,34?/m0/s1. The van der Waals surface area contributed by atoms with Crippen LogP contribution in [0.2, 0.25) is 0 Å². The van der Waals surface area contributed by atoms with Crippen LogP contribution in [-0.4, -0.2) is 99.5 Å². The Morgan fingerprint density at radius 3 is 2.47 bits per heavy atom. The van der Waals surface area contributed by atoms with Crippen molar-refractivity contribution in [2.45, 2.75) is 49.5 Å². The number of aromatic nitrogens is 4. The maximum Gasteiger partial charge on any atom is 0.320 e. The Morgan fingerprint density at radius 1 is 1.12 bits per heavy atom. The molecule has 3 rings (SSSR count). The first-order valence-electron chi connectivity index (χ1n) is 10.3. The Bertz CT molecular complexity index is 1010. The number of rotatable bonds is 12. The highest BCUT2D eigenvalue weighted by Gasteiger charge is 2.47. The number of aliphatic hydroxyl groups excluding tert-OH is 2. The minimum absolute atomic E-state index is 0.167. The number of ether oxygens (including phenoxy) is 1. The fourth-order valence-electron chi connectivity index (χ4n) is 3.32. The summed E-state index contributed by atoms with van der Waals surface area (Å²) in [5.41, 5.74) is 17.7. The van der Waals surface area contributed by atoms with Crippen molar-refractivity contribution in [1.82, 2.24) is 19.5 Å². The molecular formula is C18H28N7O7S2+. The normalized spacial score (nSPS) is 25.3. The number of anilines is 1. The van der Waals surface area contributed by atoms with E-state index in [4.69, 9.17) is 32.2 Å². The number of aliphatic hydroxyl groups is 2. The number of aliphatic carboxylic acids is 2. The van der Waals surface area contributed by atoms with Crippen molar-refractivity contribution in [2.75, 3.05) is 23.0 Å². The third-order valence-corrected chi connectivity index (χ3v) is 9.85. The zero-order valence-corrected chi connectivity index (χ0v) is 19.6. The average Bonchev–Trinajstić information content (AvgIpc) is 3.34. The van der Waals surface area contributed by atoms with Crippen LogP contribution in [-0.2, 0) is 24.3 Å². The minimum Gasteiger partial charge on any atom is -0.480 e. The van der Waals surface area contributed by atoms with E-state index in [2.05, 4.69) is 15.0 Å². The molecule has 16 heteroatoms. The van der Waals surface area contributed by atoms with E-state index in [1.807, 2.05) is 0 Å². The molecule has 1 unspecified atom stereocenters. The third-order valence-electron chi connectivity index (χ3n) is 5.32. The van der Waals surface area contributed by atoms with Crippen LogP contribution < -0.4 is 17.2 Å². The summed E-state index contributed by atoms with van der Waals surface area (Å²) < 4.78 is 7.45. The lowest BCUT2D eigenvalue weighted by atomic mass is 10.1. The summed E-state index contributed by atoms with van der Waals surface area (Å²) in [6, 6.07) is -2.06. The summed E-state index contributed by atoms with van der Waals surface area (Å²) in [5, 5.41) is 39.4. The van der Waals surface area contributed by atoms with Crippen LogP contribution >= 0.6 is 10.8 Å². The fourth-order valence-corrected chi connectivity index (χ4v) is 7.78. The molecule has 188 valence electrons. The minimum atomic E-state index is -1.28. The summed E-state index contributed by atoms with van der Waals surface area (Å²) in [5.74, 6) is -0.951. The van der Waals surface area contributed by atoms with E-state index in [0.29, 0.717) is 22.7 Å². The predicted octanol–water partition coefficient (Wildman–Crippen LogP) is -2.10. The summed E-state index contributed by atoms with van der Waals surface area (Å²) >= 11 is 0. The molecule has 1 saturated heterocycles. The van der Waals surface area contributed by atoms with E-state index in [9.17, 15) is 19.8 Å². The largest absolute Gasteiger partial charge is 0.480 e. The van der Waals surface area contributed by atoms with Gasteiger partial charge < -0.3 is 42.4 Å². The van der Waals surface area contributed by atoms with Gasteiger partial charge in [-0.15, -0.1) is 0 Å². The van der Waals surface area contributed by atoms with Gasteiger partial charge in [-0.3, -0.25) is 14.2 Å². The number of imidazole rings is 1. The zero-order chi connectivity index (χ0) is 25.0. The quantitative estimate of drug-likeness (QED) is 0.117. The number of nitrogens with zero attached hydrogens (tertiary/aromatic N) is 4. The van der Waals surface area contributed by atoms with Crippen LogP contribution in [0.3, 0.4) is 0 Å². The summed E-state index contributed by atoms with van der Waals surface area (Å²) in [4.78, 5) is 34.2. The van der Waals surface area contributed by atoms with Crippen molar-refractivity contribution >= 4 is 49.6 Å². The highest BCUT2D eigenvalue weighted by atomic mass is 33.1. The first-order chi connectivity index (χ1) is 16.1. The predicted molar refractivity (Wildman–Crippen MR) is 126 cm³/mol. The molecular weight excluding hydrogens is 490 g/mol. The molecule has 1 aliphatic rings. The second kappa shape index (κ2) is 11.5. The molecule has 0 saturated carbocycles. The topological polar surface area (TPSA) is 246 Å². The van der Waals surface area contributed by atoms with Gasteiger partial charge in [-0.25, -0.2) is 15.0 Å². The van der Waals surface area contributed by atoms with Crippen LogP contribution in [0, 0.1) is 0 Å². The Labute approximate surface area is 200 Å². The van der Waals surface area contributed by atoms with E-state index < -0.39 is 58.5 Å². The molecule has 0 bridgehead atoms. The van der Waals surface area contributed by atoms with Crippen LogP contribution in [0.15, 0.2) is 12.7 Å². The molecule has 10 N–H and O–H groups in total. The van der Waals surface area contributed by atoms with E-state index in [1.54, 1.807) is 0 Å². The number of carboxylic acids is 2. The average molecular weight is 519 g/mol. The lowest BCUT2D eigenvalue weighted by Crippen LogP contribution is -2.37. The van der Waals surface area contributed by atoms with Crippen molar-refractivity contribution < 1.29 is 34.8 Å². The van der Waals surface area contributed by atoms with E-state index >= 15 is 0 Å². The molecule has 0 spiro atoms. The van der Waals surface area contributed by atoms with Gasteiger partial charge in [0.2, 0.25) is 0 Å². The van der Waals surface area contributed by atoms with Gasteiger partial charge in [-0.05, 0) is 6.42 Å². The molecule has 2 aromatic rings. The van der Waals surface area contributed by atoms with Crippen molar-refractivity contribution in [3.8, 4) is 0 Å². The first kappa shape index (κ1) is 26.4. The second-order valence-electron chi connectivity index (χ2n) is 7.73. The van der Waals surface area contributed by atoms with Crippen LogP contribution in [0.4, 0.5) is 5.82 Å². The number of fused-ring (bicyclic) bond motifs is 1. The van der Waals surface area contributed by atoms with Gasteiger partial charge in [-0.1, -0.05) is 0 Å². The van der Waals surface area contributed by atoms with E-state index in [1.165, 1.54) is 28.0 Å². The highest BCUT2D eigenvalue weighted by molar-refractivity contribution is 8.74. The Kier molecular flexibility index (Phi) is 8.91. The summed E-state index contributed by atoms with van der Waals surface area (Å²) in [6.07, 6.45) is -1.21. The van der Waals surface area contributed by atoms with Crippen molar-refractivity contribution in [3.63, 3.8) is 0 Å². The van der Waals surface area contributed by atoms with Crippen LogP contribution in [0.1, 0.15) is 19.1 Å². The van der Waals surface area contributed by atoms with Gasteiger partial charge in [0, 0.05) is 12.2 Å². The lowest BCUT2D eigenvalue weighted by Gasteiger charge is -2.16. The van der Waals surface area contributed by atoms with Gasteiger partial charge >= 0.3 is 11.9 Å².